The fraction of sp³-hybridized carbons (Fsp3) is 1.00. The van der Waals surface area contributed by atoms with E-state index >= 15 is 0 Å². The summed E-state index contributed by atoms with van der Waals surface area (Å²) in [5.41, 5.74) is 0.672. The van der Waals surface area contributed by atoms with Gasteiger partial charge in [0.2, 0.25) is 0 Å². The molecule has 1 saturated carbocycles. The molecule has 0 amide bonds. The molecule has 11 heavy (non-hydrogen) atoms. The molecule has 0 radical (unpaired) electrons. The van der Waals surface area contributed by atoms with Crippen LogP contribution in [-0.2, 0) is 0 Å². The van der Waals surface area contributed by atoms with Gasteiger partial charge >= 0.3 is 0 Å². The van der Waals surface area contributed by atoms with Gasteiger partial charge in [0.1, 0.15) is 0 Å². The van der Waals surface area contributed by atoms with Crippen LogP contribution in [0.15, 0.2) is 0 Å². The normalized spacial score (nSPS) is 37.1. The smallest absolute Gasteiger partial charge is 0.0306 e. The van der Waals surface area contributed by atoms with E-state index in [2.05, 4.69) is 32.9 Å². The van der Waals surface area contributed by atoms with Crippen LogP contribution in [0.4, 0.5) is 0 Å². The number of hydrogen-bond donors (Lipinski definition) is 0. The molecular formula is C9H16IN. The van der Waals surface area contributed by atoms with Crippen LogP contribution in [-0.4, -0.2) is 15.2 Å². The third-order valence-electron chi connectivity index (χ3n) is 3.26. The summed E-state index contributed by atoms with van der Waals surface area (Å²) in [7, 11) is 0. The van der Waals surface area contributed by atoms with Crippen molar-refractivity contribution < 1.29 is 0 Å². The minimum atomic E-state index is 0.672. The second kappa shape index (κ2) is 2.87. The molecule has 1 aliphatic heterocycles. The molecule has 2 aliphatic rings. The van der Waals surface area contributed by atoms with Crippen molar-refractivity contribution in [2.45, 2.75) is 44.6 Å². The van der Waals surface area contributed by atoms with Crippen molar-refractivity contribution in [1.29, 1.82) is 0 Å². The zero-order valence-electron chi connectivity index (χ0n) is 7.15. The first-order valence-corrected chi connectivity index (χ1v) is 5.63. The summed E-state index contributed by atoms with van der Waals surface area (Å²) >= 11 is 2.53. The summed E-state index contributed by atoms with van der Waals surface area (Å²) in [4.78, 5) is 0. The highest BCUT2D eigenvalue weighted by molar-refractivity contribution is 14.1. The first kappa shape index (κ1) is 8.30. The van der Waals surface area contributed by atoms with Gasteiger partial charge in [-0.1, -0.05) is 6.92 Å². The fourth-order valence-electron chi connectivity index (χ4n) is 1.99. The van der Waals surface area contributed by atoms with Gasteiger partial charge in [0, 0.05) is 34.9 Å². The molecule has 0 unspecified atom stereocenters. The maximum Gasteiger partial charge on any atom is 0.0306 e. The Hall–Kier alpha value is 0.690. The molecule has 1 saturated heterocycles. The Morgan fingerprint density at radius 2 is 2.00 bits per heavy atom. The lowest BCUT2D eigenvalue weighted by Crippen LogP contribution is -2.27. The van der Waals surface area contributed by atoms with E-state index in [9.17, 15) is 0 Å². The van der Waals surface area contributed by atoms with Crippen molar-refractivity contribution in [3.63, 3.8) is 0 Å². The number of halogens is 1. The van der Waals surface area contributed by atoms with E-state index < -0.39 is 0 Å². The maximum atomic E-state index is 2.58. The van der Waals surface area contributed by atoms with Gasteiger partial charge in [0.15, 0.2) is 0 Å². The second-order valence-corrected chi connectivity index (χ2v) is 5.41. The van der Waals surface area contributed by atoms with Gasteiger partial charge in [-0.3, -0.25) is 0 Å². The minimum absolute atomic E-state index is 0.672. The highest BCUT2D eigenvalue weighted by Crippen LogP contribution is 2.49. The molecule has 0 aromatic rings. The topological polar surface area (TPSA) is 3.24 Å². The average molecular weight is 265 g/mol. The van der Waals surface area contributed by atoms with Gasteiger partial charge in [-0.05, 0) is 38.0 Å². The molecule has 1 heterocycles. The lowest BCUT2D eigenvalue weighted by atomic mass is 10.0. The summed E-state index contributed by atoms with van der Waals surface area (Å²) in [6, 6.07) is 0. The lowest BCUT2D eigenvalue weighted by Gasteiger charge is -2.22. The molecule has 2 heteroatoms. The Morgan fingerprint density at radius 3 is 2.64 bits per heavy atom. The molecule has 1 atom stereocenters. The molecular weight excluding hydrogens is 249 g/mol. The van der Waals surface area contributed by atoms with Crippen molar-refractivity contribution in [2.24, 2.45) is 5.92 Å². The molecule has 0 bridgehead atoms. The third kappa shape index (κ3) is 1.57. The molecule has 2 rings (SSSR count). The van der Waals surface area contributed by atoms with Crippen LogP contribution < -0.4 is 0 Å². The van der Waals surface area contributed by atoms with Gasteiger partial charge in [-0.2, -0.15) is 0 Å². The van der Waals surface area contributed by atoms with Gasteiger partial charge in [-0.25, -0.2) is 3.11 Å². The molecule has 2 fully saturated rings. The molecule has 1 spiro atoms. The zero-order valence-corrected chi connectivity index (χ0v) is 9.30. The first-order chi connectivity index (χ1) is 5.23. The van der Waals surface area contributed by atoms with E-state index in [1.165, 1.54) is 38.6 Å². The highest BCUT2D eigenvalue weighted by Gasteiger charge is 2.47. The summed E-state index contributed by atoms with van der Waals surface area (Å²) in [6.07, 6.45) is 7.24. The van der Waals surface area contributed by atoms with Crippen LogP contribution in [0.25, 0.3) is 0 Å². The van der Waals surface area contributed by atoms with Crippen molar-refractivity contribution in [3.8, 4) is 0 Å². The first-order valence-electron chi connectivity index (χ1n) is 4.66. The zero-order chi connectivity index (χ0) is 7.90. The molecule has 0 aromatic heterocycles. The van der Waals surface area contributed by atoms with E-state index in [1.807, 2.05) is 0 Å². The predicted molar refractivity (Wildman–Crippen MR) is 55.7 cm³/mol. The Labute approximate surface area is 83.0 Å². The molecule has 0 N–H and O–H groups in total. The summed E-state index contributed by atoms with van der Waals surface area (Å²) < 4.78 is 2.58. The Balaban J connectivity index is 2.01. The number of hydrogen-bond acceptors (Lipinski definition) is 1. The molecule has 0 aromatic carbocycles. The second-order valence-electron chi connectivity index (χ2n) is 4.24. The van der Waals surface area contributed by atoms with Gasteiger partial charge in [0.05, 0.1) is 0 Å². The number of rotatable bonds is 0. The predicted octanol–water partition coefficient (Wildman–Crippen LogP) is 2.99. The molecule has 1 aliphatic carbocycles. The fourth-order valence-corrected chi connectivity index (χ4v) is 2.99. The van der Waals surface area contributed by atoms with Crippen molar-refractivity contribution in [1.82, 2.24) is 3.11 Å². The lowest BCUT2D eigenvalue weighted by molar-refractivity contribution is 0.364. The van der Waals surface area contributed by atoms with Crippen LogP contribution in [0.1, 0.15) is 39.0 Å². The standard InChI is InChI=1S/C9H16IN/c1-8-2-4-9(5-6-9)11(10)7-3-8/h8H,2-7H2,1H3/t8-/m0/s1. The largest absolute Gasteiger partial charge is 0.241 e. The molecule has 1 nitrogen and oxygen atoms in total. The van der Waals surface area contributed by atoms with E-state index in [4.69, 9.17) is 0 Å². The van der Waals surface area contributed by atoms with Crippen LogP contribution >= 0.6 is 22.9 Å². The van der Waals surface area contributed by atoms with E-state index in [1.54, 1.807) is 0 Å². The van der Waals surface area contributed by atoms with Gasteiger partial charge in [-0.15, -0.1) is 0 Å². The monoisotopic (exact) mass is 265 g/mol. The van der Waals surface area contributed by atoms with Crippen LogP contribution in [0.3, 0.4) is 0 Å². The number of nitrogens with zero attached hydrogens (tertiary/aromatic N) is 1. The Bertz CT molecular complexity index is 154. The van der Waals surface area contributed by atoms with Crippen molar-refractivity contribution in [2.75, 3.05) is 6.54 Å². The van der Waals surface area contributed by atoms with E-state index in [-0.39, 0.29) is 0 Å². The van der Waals surface area contributed by atoms with E-state index in [0.717, 1.165) is 5.92 Å². The van der Waals surface area contributed by atoms with Crippen molar-refractivity contribution in [3.05, 3.63) is 0 Å². The minimum Gasteiger partial charge on any atom is -0.241 e. The third-order valence-corrected chi connectivity index (χ3v) is 4.77. The summed E-state index contributed by atoms with van der Waals surface area (Å²) in [5.74, 6) is 0.965. The van der Waals surface area contributed by atoms with Gasteiger partial charge in [0.25, 0.3) is 0 Å². The van der Waals surface area contributed by atoms with Gasteiger partial charge < -0.3 is 0 Å². The average Bonchev–Trinajstić information content (AvgIpc) is 2.77. The van der Waals surface area contributed by atoms with Crippen LogP contribution in [0.5, 0.6) is 0 Å². The Kier molecular flexibility index (Phi) is 2.17. The van der Waals surface area contributed by atoms with Crippen LogP contribution in [0.2, 0.25) is 0 Å². The maximum absolute atomic E-state index is 2.58. The van der Waals surface area contributed by atoms with Crippen LogP contribution in [0, 0.1) is 5.92 Å². The summed E-state index contributed by atoms with van der Waals surface area (Å²) in [6.45, 7) is 3.72. The summed E-state index contributed by atoms with van der Waals surface area (Å²) in [5, 5.41) is 0. The Morgan fingerprint density at radius 1 is 1.27 bits per heavy atom. The highest BCUT2D eigenvalue weighted by atomic mass is 127. The van der Waals surface area contributed by atoms with E-state index in [0.29, 0.717) is 5.54 Å². The SMILES string of the molecule is C[C@@H]1CCN(I)C2(CC1)CC2. The van der Waals surface area contributed by atoms with Crippen molar-refractivity contribution >= 4 is 22.9 Å². The molecule has 64 valence electrons. The quantitative estimate of drug-likeness (QED) is 0.480.